The minimum atomic E-state index is -0.969. The van der Waals surface area contributed by atoms with E-state index in [-0.39, 0.29) is 5.25 Å². The van der Waals surface area contributed by atoms with Gasteiger partial charge in [-0.15, -0.1) is 0 Å². The summed E-state index contributed by atoms with van der Waals surface area (Å²) in [6, 6.07) is -0.801. The number of hydrogen-bond donors (Lipinski definition) is 3. The smallest absolute Gasteiger partial charge is 0.321 e. The van der Waals surface area contributed by atoms with Crippen molar-refractivity contribution in [1.29, 1.82) is 0 Å². The molecule has 0 aliphatic rings. The monoisotopic (exact) mass is 219 g/mol. The molecule has 5 N–H and O–H groups in total. The van der Waals surface area contributed by atoms with Crippen LogP contribution in [0, 0.1) is 0 Å². The molecule has 0 bridgehead atoms. The van der Waals surface area contributed by atoms with E-state index >= 15 is 0 Å². The highest BCUT2D eigenvalue weighted by Crippen LogP contribution is 2.11. The van der Waals surface area contributed by atoms with Crippen LogP contribution in [0.1, 0.15) is 13.8 Å². The molecule has 0 aliphatic heterocycles. The molecule has 0 aromatic heterocycles. The summed E-state index contributed by atoms with van der Waals surface area (Å²) >= 11 is 1.49. The molecule has 2 atom stereocenters. The Hall–Kier alpha value is -0.750. The average molecular weight is 219 g/mol. The van der Waals surface area contributed by atoms with E-state index in [1.807, 2.05) is 6.92 Å². The zero-order valence-electron chi connectivity index (χ0n) is 8.43. The highest BCUT2D eigenvalue weighted by atomic mass is 32.2. The second kappa shape index (κ2) is 6.67. The van der Waals surface area contributed by atoms with Gasteiger partial charge in [0, 0.05) is 11.0 Å². The van der Waals surface area contributed by atoms with Gasteiger partial charge >= 0.3 is 5.97 Å². The van der Waals surface area contributed by atoms with Gasteiger partial charge in [0.05, 0.1) is 12.4 Å². The third-order valence-electron chi connectivity index (χ3n) is 1.48. The highest BCUT2D eigenvalue weighted by Gasteiger charge is 2.13. The molecule has 0 rings (SSSR count). The van der Waals surface area contributed by atoms with E-state index in [1.165, 1.54) is 11.8 Å². The molecule has 0 saturated carbocycles. The molecule has 6 heteroatoms. The van der Waals surface area contributed by atoms with Gasteiger partial charge in [-0.25, -0.2) is 0 Å². The number of aliphatic imine (C=N–C) groups is 1. The topological polar surface area (TPSA) is 102 Å². The molecule has 0 aliphatic carbocycles. The first-order valence-corrected chi connectivity index (χ1v) is 5.35. The zero-order valence-corrected chi connectivity index (χ0v) is 9.25. The summed E-state index contributed by atoms with van der Waals surface area (Å²) in [5, 5.41) is 8.76. The molecule has 0 spiro atoms. The lowest BCUT2D eigenvalue weighted by Gasteiger charge is -2.10. The lowest BCUT2D eigenvalue weighted by atomic mass is 10.4. The third-order valence-corrected chi connectivity index (χ3v) is 2.74. The van der Waals surface area contributed by atoms with E-state index in [0.29, 0.717) is 18.1 Å². The SMILES string of the molecule is CC(N)=NC[C@@H](C)SC[C@H](N)C(=O)O. The maximum absolute atomic E-state index is 10.4. The fourth-order valence-electron chi connectivity index (χ4n) is 0.664. The van der Waals surface area contributed by atoms with Gasteiger partial charge < -0.3 is 16.6 Å². The van der Waals surface area contributed by atoms with Gasteiger partial charge in [0.25, 0.3) is 0 Å². The Bertz CT molecular complexity index is 217. The van der Waals surface area contributed by atoms with E-state index in [1.54, 1.807) is 6.92 Å². The van der Waals surface area contributed by atoms with Crippen LogP contribution in [0.2, 0.25) is 0 Å². The molecule has 0 heterocycles. The Morgan fingerprint density at radius 2 is 2.21 bits per heavy atom. The van der Waals surface area contributed by atoms with Crippen molar-refractivity contribution in [2.24, 2.45) is 16.5 Å². The molecule has 0 amide bonds. The van der Waals surface area contributed by atoms with Gasteiger partial charge in [-0.1, -0.05) is 6.92 Å². The van der Waals surface area contributed by atoms with Crippen molar-refractivity contribution in [3.05, 3.63) is 0 Å². The van der Waals surface area contributed by atoms with E-state index in [2.05, 4.69) is 4.99 Å². The summed E-state index contributed by atoms with van der Waals surface area (Å²) in [4.78, 5) is 14.4. The van der Waals surface area contributed by atoms with Crippen molar-refractivity contribution in [3.8, 4) is 0 Å². The molecule has 82 valence electrons. The number of carboxylic acids is 1. The number of carboxylic acid groups (broad SMARTS) is 1. The van der Waals surface area contributed by atoms with Crippen LogP contribution in [0.15, 0.2) is 4.99 Å². The number of hydrogen-bond acceptors (Lipinski definition) is 4. The average Bonchev–Trinajstić information content (AvgIpc) is 2.10. The minimum Gasteiger partial charge on any atom is -0.480 e. The number of thioether (sulfide) groups is 1. The fraction of sp³-hybridized carbons (Fsp3) is 0.750. The third kappa shape index (κ3) is 6.73. The summed E-state index contributed by atoms with van der Waals surface area (Å²) in [5.41, 5.74) is 10.7. The van der Waals surface area contributed by atoms with Crippen LogP contribution < -0.4 is 11.5 Å². The lowest BCUT2D eigenvalue weighted by Crippen LogP contribution is -2.33. The predicted molar refractivity (Wildman–Crippen MR) is 59.7 cm³/mol. The van der Waals surface area contributed by atoms with Crippen molar-refractivity contribution in [1.82, 2.24) is 0 Å². The van der Waals surface area contributed by atoms with E-state index < -0.39 is 12.0 Å². The number of carbonyl (C=O) groups is 1. The van der Waals surface area contributed by atoms with Crippen LogP contribution in [-0.2, 0) is 4.79 Å². The van der Waals surface area contributed by atoms with Crippen LogP contribution in [-0.4, -0.2) is 40.5 Å². The van der Waals surface area contributed by atoms with Crippen molar-refractivity contribution in [2.45, 2.75) is 25.1 Å². The first kappa shape index (κ1) is 13.2. The van der Waals surface area contributed by atoms with Gasteiger partial charge in [0.1, 0.15) is 6.04 Å². The van der Waals surface area contributed by atoms with E-state index in [4.69, 9.17) is 16.6 Å². The van der Waals surface area contributed by atoms with Gasteiger partial charge in [-0.3, -0.25) is 9.79 Å². The largest absolute Gasteiger partial charge is 0.480 e. The quantitative estimate of drug-likeness (QED) is 0.427. The maximum Gasteiger partial charge on any atom is 0.321 e. The molecule has 0 aromatic carbocycles. The second-order valence-corrected chi connectivity index (χ2v) is 4.54. The molecular weight excluding hydrogens is 202 g/mol. The Labute approximate surface area is 87.9 Å². The molecule has 0 saturated heterocycles. The molecule has 5 nitrogen and oxygen atoms in total. The van der Waals surface area contributed by atoms with Gasteiger partial charge in [0.2, 0.25) is 0 Å². The Balaban J connectivity index is 3.69. The van der Waals surface area contributed by atoms with Gasteiger partial charge in [-0.05, 0) is 6.92 Å². The number of amidine groups is 1. The van der Waals surface area contributed by atoms with Crippen LogP contribution in [0.3, 0.4) is 0 Å². The Morgan fingerprint density at radius 1 is 1.64 bits per heavy atom. The normalized spacial score (nSPS) is 16.4. The van der Waals surface area contributed by atoms with E-state index in [9.17, 15) is 4.79 Å². The van der Waals surface area contributed by atoms with Crippen LogP contribution in [0.4, 0.5) is 0 Å². The first-order chi connectivity index (χ1) is 6.43. The van der Waals surface area contributed by atoms with Crippen molar-refractivity contribution >= 4 is 23.6 Å². The number of aliphatic carboxylic acids is 1. The number of nitrogens with two attached hydrogens (primary N) is 2. The Morgan fingerprint density at radius 3 is 2.64 bits per heavy atom. The zero-order chi connectivity index (χ0) is 11.1. The second-order valence-electron chi connectivity index (χ2n) is 3.07. The van der Waals surface area contributed by atoms with Crippen LogP contribution in [0.25, 0.3) is 0 Å². The number of rotatable bonds is 6. The highest BCUT2D eigenvalue weighted by molar-refractivity contribution is 8.00. The van der Waals surface area contributed by atoms with Gasteiger partial charge in [-0.2, -0.15) is 11.8 Å². The molecular formula is C8H17N3O2S. The molecule has 0 radical (unpaired) electrons. The van der Waals surface area contributed by atoms with Crippen molar-refractivity contribution in [3.63, 3.8) is 0 Å². The molecule has 0 unspecified atom stereocenters. The molecule has 14 heavy (non-hydrogen) atoms. The predicted octanol–water partition coefficient (Wildman–Crippen LogP) is -0.103. The van der Waals surface area contributed by atoms with Crippen molar-refractivity contribution in [2.75, 3.05) is 12.3 Å². The van der Waals surface area contributed by atoms with Crippen LogP contribution in [0.5, 0.6) is 0 Å². The maximum atomic E-state index is 10.4. The molecule has 0 fully saturated rings. The summed E-state index contributed by atoms with van der Waals surface area (Å²) in [6.45, 7) is 4.28. The Kier molecular flexibility index (Phi) is 6.31. The summed E-state index contributed by atoms with van der Waals surface area (Å²) in [7, 11) is 0. The summed E-state index contributed by atoms with van der Waals surface area (Å²) in [5.74, 6) is -0.0292. The number of nitrogens with zero attached hydrogens (tertiary/aromatic N) is 1. The van der Waals surface area contributed by atoms with Crippen molar-refractivity contribution < 1.29 is 9.90 Å². The summed E-state index contributed by atoms with van der Waals surface area (Å²) in [6.07, 6.45) is 0. The van der Waals surface area contributed by atoms with Gasteiger partial charge in [0.15, 0.2) is 0 Å². The first-order valence-electron chi connectivity index (χ1n) is 4.30. The fourth-order valence-corrected chi connectivity index (χ4v) is 1.52. The standard InChI is InChI=1S/C8H17N3O2S/c1-5(3-11-6(2)9)14-4-7(10)8(12)13/h5,7H,3-4,10H2,1-2H3,(H2,9,11)(H,12,13)/t5-,7+/m1/s1. The van der Waals surface area contributed by atoms with Crippen LogP contribution >= 0.6 is 11.8 Å². The lowest BCUT2D eigenvalue weighted by molar-refractivity contribution is -0.137. The van der Waals surface area contributed by atoms with E-state index in [0.717, 1.165) is 0 Å². The minimum absolute atomic E-state index is 0.235. The summed E-state index contributed by atoms with van der Waals surface area (Å²) < 4.78 is 0. The molecule has 0 aromatic rings.